The third-order valence-corrected chi connectivity index (χ3v) is 4.01. The molecule has 0 radical (unpaired) electrons. The maximum Gasteiger partial charge on any atom is 0.155 e. The van der Waals surface area contributed by atoms with Gasteiger partial charge in [0.2, 0.25) is 0 Å². The highest BCUT2D eigenvalue weighted by Gasteiger charge is 2.20. The van der Waals surface area contributed by atoms with Crippen molar-refractivity contribution in [1.29, 1.82) is 0 Å². The van der Waals surface area contributed by atoms with Crippen molar-refractivity contribution in [3.8, 4) is 0 Å². The predicted molar refractivity (Wildman–Crippen MR) is 103 cm³/mol. The molecule has 25 heavy (non-hydrogen) atoms. The first-order valence-electron chi connectivity index (χ1n) is 9.16. The second-order valence-corrected chi connectivity index (χ2v) is 7.82. The fraction of sp³-hybridized carbons (Fsp3) is 0.714. The van der Waals surface area contributed by atoms with Gasteiger partial charge in [-0.2, -0.15) is 0 Å². The fourth-order valence-electron chi connectivity index (χ4n) is 2.26. The van der Waals surface area contributed by atoms with Gasteiger partial charge in [0.15, 0.2) is 11.6 Å². The Kier molecular flexibility index (Phi) is 12.4. The molecule has 0 saturated carbocycles. The first-order chi connectivity index (χ1) is 11.7. The van der Waals surface area contributed by atoms with Gasteiger partial charge in [0.25, 0.3) is 0 Å². The van der Waals surface area contributed by atoms with Crippen LogP contribution in [0.4, 0.5) is 0 Å². The molecule has 144 valence electrons. The topological polar surface area (TPSA) is 52.6 Å². The third kappa shape index (κ3) is 13.7. The van der Waals surface area contributed by atoms with Gasteiger partial charge in [-0.3, -0.25) is 9.59 Å². The molecule has 0 saturated heterocycles. The summed E-state index contributed by atoms with van der Waals surface area (Å²) in [5.74, 6) is 0.875. The molecule has 0 amide bonds. The Labute approximate surface area is 153 Å². The van der Waals surface area contributed by atoms with E-state index in [4.69, 9.17) is 9.47 Å². The van der Waals surface area contributed by atoms with Gasteiger partial charge >= 0.3 is 0 Å². The summed E-state index contributed by atoms with van der Waals surface area (Å²) in [4.78, 5) is 22.4. The molecule has 0 aliphatic carbocycles. The Morgan fingerprint density at radius 2 is 1.24 bits per heavy atom. The number of allylic oxidation sites excluding steroid dienone is 2. The number of ether oxygens (including phenoxy) is 2. The quantitative estimate of drug-likeness (QED) is 0.387. The van der Waals surface area contributed by atoms with Crippen LogP contribution >= 0.6 is 0 Å². The van der Waals surface area contributed by atoms with Crippen LogP contribution in [0.25, 0.3) is 0 Å². The molecule has 0 aromatic carbocycles. The lowest BCUT2D eigenvalue weighted by molar-refractivity contribution is -0.115. The van der Waals surface area contributed by atoms with Crippen molar-refractivity contribution in [2.45, 2.75) is 53.4 Å². The van der Waals surface area contributed by atoms with Crippen LogP contribution in [0.15, 0.2) is 25.3 Å². The number of rotatable bonds is 16. The molecule has 0 rings (SSSR count). The fourth-order valence-corrected chi connectivity index (χ4v) is 2.26. The van der Waals surface area contributed by atoms with Gasteiger partial charge in [0, 0.05) is 31.5 Å². The van der Waals surface area contributed by atoms with E-state index in [1.165, 1.54) is 12.2 Å². The van der Waals surface area contributed by atoms with E-state index in [2.05, 4.69) is 40.9 Å². The first-order valence-corrected chi connectivity index (χ1v) is 9.16. The summed E-state index contributed by atoms with van der Waals surface area (Å²) in [6.45, 7) is 17.9. The molecular formula is C21H36O4. The van der Waals surface area contributed by atoms with Gasteiger partial charge in [-0.15, -0.1) is 0 Å². The Morgan fingerprint density at radius 1 is 0.880 bits per heavy atom. The molecule has 2 atom stereocenters. The normalized spacial score (nSPS) is 13.9. The first kappa shape index (κ1) is 23.7. The van der Waals surface area contributed by atoms with Crippen LogP contribution in [0.2, 0.25) is 0 Å². The summed E-state index contributed by atoms with van der Waals surface area (Å²) in [6, 6.07) is 0. The molecule has 0 aliphatic heterocycles. The standard InChI is InChI=1S/C21H36O4/c1-7-19(22)11-9-17(3)13-24-15-21(5,6)16-25-14-18(4)10-12-20(23)8-2/h7-8,17-18H,1-2,9-16H2,3-6H3. The monoisotopic (exact) mass is 352 g/mol. The van der Waals surface area contributed by atoms with E-state index >= 15 is 0 Å². The molecular weight excluding hydrogens is 316 g/mol. The smallest absolute Gasteiger partial charge is 0.155 e. The van der Waals surface area contributed by atoms with Crippen LogP contribution in [0.3, 0.4) is 0 Å². The van der Waals surface area contributed by atoms with E-state index < -0.39 is 0 Å². The molecule has 0 fully saturated rings. The van der Waals surface area contributed by atoms with Crippen molar-refractivity contribution < 1.29 is 19.1 Å². The van der Waals surface area contributed by atoms with Crippen LogP contribution in [-0.4, -0.2) is 38.0 Å². The second-order valence-electron chi connectivity index (χ2n) is 7.82. The van der Waals surface area contributed by atoms with E-state index in [0.717, 1.165) is 12.8 Å². The second kappa shape index (κ2) is 13.0. The molecule has 0 heterocycles. The van der Waals surface area contributed by atoms with Crippen LogP contribution < -0.4 is 0 Å². The summed E-state index contributed by atoms with van der Waals surface area (Å²) in [5, 5.41) is 0. The lowest BCUT2D eigenvalue weighted by Crippen LogP contribution is -2.27. The Morgan fingerprint density at radius 3 is 1.56 bits per heavy atom. The van der Waals surface area contributed by atoms with Gasteiger partial charge in [0.05, 0.1) is 13.2 Å². The Bertz CT molecular complexity index is 388. The van der Waals surface area contributed by atoms with E-state index in [-0.39, 0.29) is 17.0 Å². The molecule has 2 unspecified atom stereocenters. The summed E-state index contributed by atoms with van der Waals surface area (Å²) in [6.07, 6.45) is 5.47. The van der Waals surface area contributed by atoms with Gasteiger partial charge in [-0.25, -0.2) is 0 Å². The Hall–Kier alpha value is -1.26. The van der Waals surface area contributed by atoms with E-state index in [9.17, 15) is 9.59 Å². The van der Waals surface area contributed by atoms with E-state index in [1.807, 2.05) is 0 Å². The number of hydrogen-bond acceptors (Lipinski definition) is 4. The SMILES string of the molecule is C=CC(=O)CCC(C)COCC(C)(C)COCC(C)CCC(=O)C=C. The lowest BCUT2D eigenvalue weighted by Gasteiger charge is -2.26. The average Bonchev–Trinajstić information content (AvgIpc) is 2.56. The third-order valence-electron chi connectivity index (χ3n) is 4.01. The van der Waals surface area contributed by atoms with Crippen LogP contribution in [-0.2, 0) is 19.1 Å². The zero-order valence-corrected chi connectivity index (χ0v) is 16.5. The van der Waals surface area contributed by atoms with E-state index in [1.54, 1.807) is 0 Å². The summed E-state index contributed by atoms with van der Waals surface area (Å²) in [5.41, 5.74) is -0.0622. The van der Waals surface area contributed by atoms with Crippen molar-refractivity contribution >= 4 is 11.6 Å². The molecule has 4 nitrogen and oxygen atoms in total. The van der Waals surface area contributed by atoms with Crippen molar-refractivity contribution in [2.24, 2.45) is 17.3 Å². The highest BCUT2D eigenvalue weighted by molar-refractivity contribution is 5.89. The maximum atomic E-state index is 11.2. The minimum atomic E-state index is -0.0622. The minimum absolute atomic E-state index is 0.0622. The number of carbonyl (C=O) groups is 2. The summed E-state index contributed by atoms with van der Waals surface area (Å²) >= 11 is 0. The average molecular weight is 353 g/mol. The van der Waals surface area contributed by atoms with Gasteiger partial charge in [0.1, 0.15) is 0 Å². The number of carbonyl (C=O) groups excluding carboxylic acids is 2. The lowest BCUT2D eigenvalue weighted by atomic mass is 9.96. The zero-order chi connectivity index (χ0) is 19.3. The maximum absolute atomic E-state index is 11.2. The summed E-state index contributed by atoms with van der Waals surface area (Å²) in [7, 11) is 0. The zero-order valence-electron chi connectivity index (χ0n) is 16.5. The molecule has 0 bridgehead atoms. The molecule has 0 aromatic heterocycles. The van der Waals surface area contributed by atoms with Crippen molar-refractivity contribution in [3.05, 3.63) is 25.3 Å². The van der Waals surface area contributed by atoms with Gasteiger partial charge in [-0.1, -0.05) is 40.9 Å². The summed E-state index contributed by atoms with van der Waals surface area (Å²) < 4.78 is 11.6. The molecule has 0 N–H and O–H groups in total. The highest BCUT2D eigenvalue weighted by Crippen LogP contribution is 2.18. The molecule has 0 spiro atoms. The minimum Gasteiger partial charge on any atom is -0.381 e. The van der Waals surface area contributed by atoms with Gasteiger partial charge in [-0.05, 0) is 36.8 Å². The van der Waals surface area contributed by atoms with Crippen molar-refractivity contribution in [1.82, 2.24) is 0 Å². The predicted octanol–water partition coefficient (Wildman–Crippen LogP) is 4.39. The molecule has 4 heteroatoms. The number of ketones is 2. The number of hydrogen-bond donors (Lipinski definition) is 0. The van der Waals surface area contributed by atoms with Crippen LogP contribution in [0.5, 0.6) is 0 Å². The van der Waals surface area contributed by atoms with Crippen molar-refractivity contribution in [3.63, 3.8) is 0 Å². The molecule has 0 aromatic rings. The van der Waals surface area contributed by atoms with Crippen LogP contribution in [0.1, 0.15) is 53.4 Å². The highest BCUT2D eigenvalue weighted by atomic mass is 16.5. The molecule has 0 aliphatic rings. The van der Waals surface area contributed by atoms with Gasteiger partial charge < -0.3 is 9.47 Å². The Balaban J connectivity index is 3.85. The largest absolute Gasteiger partial charge is 0.381 e. The van der Waals surface area contributed by atoms with E-state index in [0.29, 0.717) is 51.1 Å². The van der Waals surface area contributed by atoms with Crippen LogP contribution in [0, 0.1) is 17.3 Å². The van der Waals surface area contributed by atoms with Crippen molar-refractivity contribution in [2.75, 3.05) is 26.4 Å².